The Bertz CT molecular complexity index is 541. The predicted octanol–water partition coefficient (Wildman–Crippen LogP) is 2.52. The smallest absolute Gasteiger partial charge is 0.170 e. The lowest BCUT2D eigenvalue weighted by atomic mass is 10.0. The van der Waals surface area contributed by atoms with E-state index in [0.717, 1.165) is 28.9 Å². The first kappa shape index (κ1) is 10.6. The molecule has 2 aromatic rings. The quantitative estimate of drug-likeness (QED) is 0.720. The molecule has 2 rings (SSSR count). The Balaban J connectivity index is 2.73. The lowest BCUT2D eigenvalue weighted by molar-refractivity contribution is 0.112. The molecule has 0 amide bonds. The second-order valence-corrected chi connectivity index (χ2v) is 3.88. The molecule has 1 heterocycles. The highest BCUT2D eigenvalue weighted by Gasteiger charge is 2.14. The van der Waals surface area contributed by atoms with E-state index in [0.29, 0.717) is 5.69 Å². The van der Waals surface area contributed by atoms with Gasteiger partial charge in [0.25, 0.3) is 0 Å². The third-order valence-electron chi connectivity index (χ3n) is 2.86. The molecule has 0 N–H and O–H groups in total. The lowest BCUT2D eigenvalue weighted by Crippen LogP contribution is -1.97. The molecular formula is C13H14N2O. The van der Waals surface area contributed by atoms with Crippen LogP contribution in [-0.2, 0) is 7.05 Å². The maximum atomic E-state index is 11.0. The van der Waals surface area contributed by atoms with E-state index in [-0.39, 0.29) is 0 Å². The third-order valence-corrected chi connectivity index (χ3v) is 2.86. The highest BCUT2D eigenvalue weighted by Crippen LogP contribution is 2.26. The summed E-state index contributed by atoms with van der Waals surface area (Å²) in [4.78, 5) is 15.2. The average Bonchev–Trinajstić information content (AvgIpc) is 2.56. The summed E-state index contributed by atoms with van der Waals surface area (Å²) in [6.45, 7) is 3.93. The van der Waals surface area contributed by atoms with E-state index in [1.807, 2.05) is 49.7 Å². The molecule has 3 nitrogen and oxygen atoms in total. The van der Waals surface area contributed by atoms with Crippen LogP contribution in [0.15, 0.2) is 24.3 Å². The van der Waals surface area contributed by atoms with Crippen molar-refractivity contribution in [3.8, 4) is 11.3 Å². The van der Waals surface area contributed by atoms with Crippen molar-refractivity contribution in [2.24, 2.45) is 7.05 Å². The van der Waals surface area contributed by atoms with Crippen LogP contribution >= 0.6 is 0 Å². The van der Waals surface area contributed by atoms with E-state index < -0.39 is 0 Å². The molecule has 16 heavy (non-hydrogen) atoms. The number of imidazole rings is 1. The highest BCUT2D eigenvalue weighted by molar-refractivity contribution is 5.84. The van der Waals surface area contributed by atoms with Crippen LogP contribution in [-0.4, -0.2) is 15.8 Å². The van der Waals surface area contributed by atoms with Crippen LogP contribution in [0.5, 0.6) is 0 Å². The molecule has 0 fully saturated rings. The molecule has 0 radical (unpaired) electrons. The van der Waals surface area contributed by atoms with Crippen molar-refractivity contribution in [1.29, 1.82) is 0 Å². The molecule has 0 aliphatic carbocycles. The Morgan fingerprint density at radius 1 is 1.25 bits per heavy atom. The first-order valence-corrected chi connectivity index (χ1v) is 5.19. The summed E-state index contributed by atoms with van der Waals surface area (Å²) in [5, 5.41) is 0. The predicted molar refractivity (Wildman–Crippen MR) is 63.5 cm³/mol. The molecule has 0 spiro atoms. The van der Waals surface area contributed by atoms with E-state index in [9.17, 15) is 4.79 Å². The summed E-state index contributed by atoms with van der Waals surface area (Å²) in [6, 6.07) is 8.01. The molecule has 1 aromatic carbocycles. The second kappa shape index (κ2) is 3.93. The number of hydrogen-bond donors (Lipinski definition) is 0. The van der Waals surface area contributed by atoms with Crippen molar-refractivity contribution in [3.63, 3.8) is 0 Å². The molecule has 0 atom stereocenters. The standard InChI is InChI=1S/C13H14N2O/c1-9-6-4-5-7-11(9)13-12(8-16)14-10(2)15(13)3/h4-8H,1-3H3. The van der Waals surface area contributed by atoms with Crippen molar-refractivity contribution in [1.82, 2.24) is 9.55 Å². The van der Waals surface area contributed by atoms with Crippen LogP contribution in [0.25, 0.3) is 11.3 Å². The van der Waals surface area contributed by atoms with E-state index in [1.54, 1.807) is 0 Å². The van der Waals surface area contributed by atoms with Gasteiger partial charge in [-0.3, -0.25) is 4.79 Å². The zero-order chi connectivity index (χ0) is 11.7. The monoisotopic (exact) mass is 214 g/mol. The third kappa shape index (κ3) is 1.54. The summed E-state index contributed by atoms with van der Waals surface area (Å²) in [5.41, 5.74) is 3.61. The number of aryl methyl sites for hydroxylation is 2. The number of benzene rings is 1. The Morgan fingerprint density at radius 3 is 2.56 bits per heavy atom. The van der Waals surface area contributed by atoms with Crippen LogP contribution in [0.4, 0.5) is 0 Å². The van der Waals surface area contributed by atoms with Crippen LogP contribution in [0.1, 0.15) is 21.9 Å². The Labute approximate surface area is 94.7 Å². The van der Waals surface area contributed by atoms with Gasteiger partial charge in [0.05, 0.1) is 5.69 Å². The summed E-state index contributed by atoms with van der Waals surface area (Å²) in [5.74, 6) is 0.848. The van der Waals surface area contributed by atoms with E-state index in [2.05, 4.69) is 4.98 Å². The minimum absolute atomic E-state index is 0.509. The van der Waals surface area contributed by atoms with Gasteiger partial charge in [-0.15, -0.1) is 0 Å². The molecule has 0 bridgehead atoms. The van der Waals surface area contributed by atoms with Gasteiger partial charge in [-0.05, 0) is 19.4 Å². The highest BCUT2D eigenvalue weighted by atomic mass is 16.1. The van der Waals surface area contributed by atoms with Crippen LogP contribution in [0.2, 0.25) is 0 Å². The van der Waals surface area contributed by atoms with Gasteiger partial charge in [0.2, 0.25) is 0 Å². The number of carbonyl (C=O) groups excluding carboxylic acids is 1. The lowest BCUT2D eigenvalue weighted by Gasteiger charge is -2.07. The minimum atomic E-state index is 0.509. The van der Waals surface area contributed by atoms with Gasteiger partial charge in [-0.2, -0.15) is 0 Å². The summed E-state index contributed by atoms with van der Waals surface area (Å²) in [7, 11) is 1.93. The average molecular weight is 214 g/mol. The Kier molecular flexibility index (Phi) is 2.60. The zero-order valence-electron chi connectivity index (χ0n) is 9.69. The van der Waals surface area contributed by atoms with Gasteiger partial charge in [0.1, 0.15) is 11.5 Å². The van der Waals surface area contributed by atoms with Crippen molar-refractivity contribution in [2.45, 2.75) is 13.8 Å². The van der Waals surface area contributed by atoms with Gasteiger partial charge < -0.3 is 4.57 Å². The first-order chi connectivity index (χ1) is 7.65. The largest absolute Gasteiger partial charge is 0.331 e. The number of aromatic nitrogens is 2. The van der Waals surface area contributed by atoms with Crippen molar-refractivity contribution in [2.75, 3.05) is 0 Å². The van der Waals surface area contributed by atoms with Gasteiger partial charge in [-0.25, -0.2) is 4.98 Å². The second-order valence-electron chi connectivity index (χ2n) is 3.88. The van der Waals surface area contributed by atoms with Gasteiger partial charge in [0, 0.05) is 12.6 Å². The fraction of sp³-hybridized carbons (Fsp3) is 0.231. The van der Waals surface area contributed by atoms with Crippen LogP contribution in [0.3, 0.4) is 0 Å². The fourth-order valence-corrected chi connectivity index (χ4v) is 1.88. The van der Waals surface area contributed by atoms with Gasteiger partial charge >= 0.3 is 0 Å². The Morgan fingerprint density at radius 2 is 1.94 bits per heavy atom. The number of nitrogens with zero attached hydrogens (tertiary/aromatic N) is 2. The van der Waals surface area contributed by atoms with E-state index in [1.165, 1.54) is 0 Å². The van der Waals surface area contributed by atoms with Gasteiger partial charge in [-0.1, -0.05) is 24.3 Å². The van der Waals surface area contributed by atoms with Crippen molar-refractivity contribution in [3.05, 3.63) is 41.3 Å². The number of hydrogen-bond acceptors (Lipinski definition) is 2. The van der Waals surface area contributed by atoms with Crippen molar-refractivity contribution >= 4 is 6.29 Å². The fourth-order valence-electron chi connectivity index (χ4n) is 1.88. The molecule has 1 aromatic heterocycles. The molecular weight excluding hydrogens is 200 g/mol. The summed E-state index contributed by atoms with van der Waals surface area (Å²) < 4.78 is 1.95. The molecule has 3 heteroatoms. The number of carbonyl (C=O) groups is 1. The maximum absolute atomic E-state index is 11.0. The molecule has 0 unspecified atom stereocenters. The molecule has 82 valence electrons. The molecule has 0 aliphatic rings. The topological polar surface area (TPSA) is 34.9 Å². The Hall–Kier alpha value is -1.90. The SMILES string of the molecule is Cc1ccccc1-c1c(C=O)nc(C)n1C. The molecule has 0 aliphatic heterocycles. The van der Waals surface area contributed by atoms with E-state index in [4.69, 9.17) is 0 Å². The van der Waals surface area contributed by atoms with Gasteiger partial charge in [0.15, 0.2) is 6.29 Å². The first-order valence-electron chi connectivity index (χ1n) is 5.19. The van der Waals surface area contributed by atoms with Crippen LogP contribution in [0, 0.1) is 13.8 Å². The summed E-state index contributed by atoms with van der Waals surface area (Å²) in [6.07, 6.45) is 0.814. The van der Waals surface area contributed by atoms with E-state index >= 15 is 0 Å². The number of aldehydes is 1. The molecule has 0 saturated carbocycles. The van der Waals surface area contributed by atoms with Crippen LogP contribution < -0.4 is 0 Å². The van der Waals surface area contributed by atoms with Crippen molar-refractivity contribution < 1.29 is 4.79 Å². The number of rotatable bonds is 2. The normalized spacial score (nSPS) is 10.4. The summed E-state index contributed by atoms with van der Waals surface area (Å²) >= 11 is 0. The maximum Gasteiger partial charge on any atom is 0.170 e. The zero-order valence-corrected chi connectivity index (χ0v) is 9.69. The molecule has 0 saturated heterocycles. The minimum Gasteiger partial charge on any atom is -0.331 e.